The molecule has 2 aliphatic rings. The van der Waals surface area contributed by atoms with Crippen LogP contribution in [0.2, 0.25) is 0 Å². The summed E-state index contributed by atoms with van der Waals surface area (Å²) < 4.78 is 33.6. The van der Waals surface area contributed by atoms with Crippen LogP contribution in [0.3, 0.4) is 0 Å². The van der Waals surface area contributed by atoms with Crippen molar-refractivity contribution >= 4 is 10.0 Å². The zero-order valence-electron chi connectivity index (χ0n) is 12.8. The maximum absolute atomic E-state index is 12.6. The van der Waals surface area contributed by atoms with Crippen LogP contribution in [0.25, 0.3) is 0 Å². The van der Waals surface area contributed by atoms with Crippen molar-refractivity contribution in [3.63, 3.8) is 0 Å². The summed E-state index contributed by atoms with van der Waals surface area (Å²) in [7, 11) is -3.43. The van der Waals surface area contributed by atoms with Gasteiger partial charge in [-0.05, 0) is 25.0 Å². The SMILES string of the molecule is O=S(=O)(N[C@@H]1CCCC[C@H]1[NH+]1CCOCC1)c1ccccc1. The number of ether oxygens (including phenoxy) is 1. The molecule has 2 fully saturated rings. The van der Waals surface area contributed by atoms with E-state index in [2.05, 4.69) is 4.72 Å². The molecule has 1 saturated carbocycles. The largest absolute Gasteiger partial charge is 0.370 e. The average Bonchev–Trinajstić information content (AvgIpc) is 2.57. The van der Waals surface area contributed by atoms with Crippen LogP contribution in [0.4, 0.5) is 0 Å². The summed E-state index contributed by atoms with van der Waals surface area (Å²) in [6.07, 6.45) is 4.32. The van der Waals surface area contributed by atoms with Gasteiger partial charge < -0.3 is 9.64 Å². The van der Waals surface area contributed by atoms with Gasteiger partial charge in [-0.1, -0.05) is 24.6 Å². The first-order chi connectivity index (χ1) is 10.7. The number of morpholine rings is 1. The predicted molar refractivity (Wildman–Crippen MR) is 84.3 cm³/mol. The Morgan fingerprint density at radius 1 is 1.05 bits per heavy atom. The lowest BCUT2D eigenvalue weighted by Gasteiger charge is -2.38. The van der Waals surface area contributed by atoms with E-state index in [1.54, 1.807) is 24.3 Å². The average molecular weight is 325 g/mol. The zero-order chi connectivity index (χ0) is 15.4. The molecule has 1 saturated heterocycles. The molecular weight excluding hydrogens is 300 g/mol. The molecule has 0 unspecified atom stereocenters. The van der Waals surface area contributed by atoms with Crippen molar-refractivity contribution in [2.45, 2.75) is 42.7 Å². The fourth-order valence-electron chi connectivity index (χ4n) is 3.63. The smallest absolute Gasteiger partial charge is 0.241 e. The molecule has 1 aromatic carbocycles. The lowest BCUT2D eigenvalue weighted by atomic mass is 9.89. The van der Waals surface area contributed by atoms with Gasteiger partial charge in [0.15, 0.2) is 0 Å². The number of sulfonamides is 1. The maximum atomic E-state index is 12.6. The summed E-state index contributed by atoms with van der Waals surface area (Å²) in [6.45, 7) is 3.52. The summed E-state index contributed by atoms with van der Waals surface area (Å²) in [5, 5.41) is 0. The van der Waals surface area contributed by atoms with Gasteiger partial charge >= 0.3 is 0 Å². The molecule has 5 nitrogen and oxygen atoms in total. The number of quaternary nitrogens is 1. The summed E-state index contributed by atoms with van der Waals surface area (Å²) >= 11 is 0. The monoisotopic (exact) mass is 325 g/mol. The molecule has 0 amide bonds. The van der Waals surface area contributed by atoms with Gasteiger partial charge in [0.2, 0.25) is 10.0 Å². The van der Waals surface area contributed by atoms with Crippen molar-refractivity contribution in [1.82, 2.24) is 4.72 Å². The molecule has 6 heteroatoms. The second-order valence-corrected chi connectivity index (χ2v) is 7.92. The number of rotatable bonds is 4. The van der Waals surface area contributed by atoms with E-state index in [0.29, 0.717) is 10.9 Å². The number of hydrogen-bond acceptors (Lipinski definition) is 3. The van der Waals surface area contributed by atoms with Crippen LogP contribution in [-0.4, -0.2) is 46.8 Å². The first-order valence-electron chi connectivity index (χ1n) is 8.16. The first-order valence-corrected chi connectivity index (χ1v) is 9.65. The molecule has 0 aromatic heterocycles. The molecule has 1 aliphatic heterocycles. The Bertz CT molecular complexity index is 570. The second-order valence-electron chi connectivity index (χ2n) is 6.20. The van der Waals surface area contributed by atoms with E-state index in [-0.39, 0.29) is 6.04 Å². The molecule has 0 spiro atoms. The fourth-order valence-corrected chi connectivity index (χ4v) is 4.96. The summed E-state index contributed by atoms with van der Waals surface area (Å²) in [5.41, 5.74) is 0. The molecule has 0 radical (unpaired) electrons. The minimum atomic E-state index is -3.43. The highest BCUT2D eigenvalue weighted by Gasteiger charge is 2.36. The van der Waals surface area contributed by atoms with E-state index in [1.807, 2.05) is 6.07 Å². The molecule has 2 N–H and O–H groups in total. The highest BCUT2D eigenvalue weighted by Crippen LogP contribution is 2.19. The second kappa shape index (κ2) is 7.08. The van der Waals surface area contributed by atoms with E-state index in [4.69, 9.17) is 4.74 Å². The van der Waals surface area contributed by atoms with Crippen molar-refractivity contribution < 1.29 is 18.1 Å². The minimum absolute atomic E-state index is 0.0343. The summed E-state index contributed by atoms with van der Waals surface area (Å²) in [5.74, 6) is 0. The molecule has 1 aromatic rings. The molecule has 122 valence electrons. The van der Waals surface area contributed by atoms with Gasteiger partial charge in [0.25, 0.3) is 0 Å². The van der Waals surface area contributed by atoms with E-state index < -0.39 is 10.0 Å². The highest BCUT2D eigenvalue weighted by molar-refractivity contribution is 7.89. The molecule has 3 rings (SSSR count). The third kappa shape index (κ3) is 3.68. The summed E-state index contributed by atoms with van der Waals surface area (Å²) in [6, 6.07) is 9.08. The van der Waals surface area contributed by atoms with Gasteiger partial charge in [0.1, 0.15) is 19.1 Å². The van der Waals surface area contributed by atoms with Crippen LogP contribution in [0.15, 0.2) is 35.2 Å². The van der Waals surface area contributed by atoms with Crippen molar-refractivity contribution in [3.05, 3.63) is 30.3 Å². The lowest BCUT2D eigenvalue weighted by molar-refractivity contribution is -0.935. The Balaban J connectivity index is 1.73. The van der Waals surface area contributed by atoms with Crippen molar-refractivity contribution in [2.24, 2.45) is 0 Å². The number of nitrogens with one attached hydrogen (secondary N) is 2. The van der Waals surface area contributed by atoms with Gasteiger partial charge in [-0.3, -0.25) is 0 Å². The van der Waals surface area contributed by atoms with Crippen LogP contribution < -0.4 is 9.62 Å². The number of hydrogen-bond donors (Lipinski definition) is 2. The molecular formula is C16H25N2O3S+. The van der Waals surface area contributed by atoms with Gasteiger partial charge in [0.05, 0.1) is 24.2 Å². The molecule has 2 atom stereocenters. The van der Waals surface area contributed by atoms with Crippen molar-refractivity contribution in [3.8, 4) is 0 Å². The fraction of sp³-hybridized carbons (Fsp3) is 0.625. The quantitative estimate of drug-likeness (QED) is 0.831. The zero-order valence-corrected chi connectivity index (χ0v) is 13.6. The predicted octanol–water partition coefficient (Wildman–Crippen LogP) is 0.191. The summed E-state index contributed by atoms with van der Waals surface area (Å²) in [4.78, 5) is 1.85. The Kier molecular flexibility index (Phi) is 5.13. The Morgan fingerprint density at radius 3 is 2.45 bits per heavy atom. The number of benzene rings is 1. The Morgan fingerprint density at radius 2 is 1.73 bits per heavy atom. The third-order valence-electron chi connectivity index (χ3n) is 4.79. The molecule has 0 bridgehead atoms. The molecule has 1 aliphatic carbocycles. The highest BCUT2D eigenvalue weighted by atomic mass is 32.2. The van der Waals surface area contributed by atoms with Gasteiger partial charge in [-0.15, -0.1) is 0 Å². The molecule has 22 heavy (non-hydrogen) atoms. The van der Waals surface area contributed by atoms with E-state index in [1.165, 1.54) is 11.3 Å². The van der Waals surface area contributed by atoms with Crippen molar-refractivity contribution in [2.75, 3.05) is 26.3 Å². The maximum Gasteiger partial charge on any atom is 0.241 e. The standard InChI is InChI=1S/C16H24N2O3S/c19-22(20,14-6-2-1-3-7-14)17-15-8-4-5-9-16(15)18-10-12-21-13-11-18/h1-3,6-7,15-17H,4-5,8-13H2/p+1/t15-,16-/m1/s1. The Labute approximate surface area is 132 Å². The molecule has 1 heterocycles. The topological polar surface area (TPSA) is 59.8 Å². The van der Waals surface area contributed by atoms with Crippen LogP contribution >= 0.6 is 0 Å². The van der Waals surface area contributed by atoms with Gasteiger partial charge in [-0.2, -0.15) is 0 Å². The van der Waals surface area contributed by atoms with E-state index in [9.17, 15) is 8.42 Å². The Hall–Kier alpha value is -0.950. The lowest BCUT2D eigenvalue weighted by Crippen LogP contribution is -3.19. The van der Waals surface area contributed by atoms with Crippen molar-refractivity contribution in [1.29, 1.82) is 0 Å². The van der Waals surface area contributed by atoms with Crippen LogP contribution in [-0.2, 0) is 14.8 Å². The van der Waals surface area contributed by atoms with Crippen LogP contribution in [0.5, 0.6) is 0 Å². The van der Waals surface area contributed by atoms with Gasteiger partial charge in [-0.25, -0.2) is 13.1 Å². The third-order valence-corrected chi connectivity index (χ3v) is 6.29. The van der Waals surface area contributed by atoms with E-state index in [0.717, 1.165) is 45.6 Å². The van der Waals surface area contributed by atoms with Gasteiger partial charge in [0, 0.05) is 6.42 Å². The normalized spacial score (nSPS) is 27.6. The van der Waals surface area contributed by atoms with Crippen LogP contribution in [0, 0.1) is 0 Å². The minimum Gasteiger partial charge on any atom is -0.370 e. The van der Waals surface area contributed by atoms with Crippen LogP contribution in [0.1, 0.15) is 25.7 Å². The van der Waals surface area contributed by atoms with E-state index >= 15 is 0 Å². The first kappa shape index (κ1) is 15.9.